The van der Waals surface area contributed by atoms with E-state index >= 15 is 0 Å². The van der Waals surface area contributed by atoms with Crippen LogP contribution in [0.1, 0.15) is 49.7 Å². The molecule has 2 heterocycles. The molecule has 0 bridgehead atoms. The van der Waals surface area contributed by atoms with Gasteiger partial charge in [-0.15, -0.1) is 0 Å². The third-order valence-electron chi connectivity index (χ3n) is 8.86. The number of benzene rings is 2. The lowest BCUT2D eigenvalue weighted by Crippen LogP contribution is -2.46. The Morgan fingerprint density at radius 2 is 1.69 bits per heavy atom. The number of ether oxygens (including phenoxy) is 2. The highest BCUT2D eigenvalue weighted by atomic mass is 16.5. The SMILES string of the molecule is COc1ccccc1CCC(=O)N1CCC2(CC1)C[C@H]2C(=O)NCC1(c2ccccc2)CCOCC1. The standard InChI is InChI=1S/C30H38N2O4/c1-35-26-10-6-5-7-23(26)11-12-27(33)32-17-13-29(14-18-32)21-25(29)28(34)31-22-30(15-19-36-20-16-30)24-8-3-2-4-9-24/h2-10,25H,11-22H2,1H3,(H,31,34)/t25-/m0/s1. The van der Waals surface area contributed by atoms with E-state index in [-0.39, 0.29) is 28.6 Å². The third kappa shape index (κ3) is 5.15. The zero-order valence-corrected chi connectivity index (χ0v) is 21.3. The van der Waals surface area contributed by atoms with Crippen LogP contribution in [0.2, 0.25) is 0 Å². The minimum absolute atomic E-state index is 0.0472. The van der Waals surface area contributed by atoms with Crippen LogP contribution in [0, 0.1) is 11.3 Å². The van der Waals surface area contributed by atoms with Gasteiger partial charge in [-0.05, 0) is 61.1 Å². The molecular weight excluding hydrogens is 452 g/mol. The van der Waals surface area contributed by atoms with Crippen LogP contribution in [0.5, 0.6) is 5.75 Å². The number of aryl methyl sites for hydroxylation is 1. The maximum atomic E-state index is 13.2. The molecule has 1 N–H and O–H groups in total. The van der Waals surface area contributed by atoms with Gasteiger partial charge in [-0.3, -0.25) is 9.59 Å². The van der Waals surface area contributed by atoms with E-state index in [4.69, 9.17) is 9.47 Å². The molecule has 2 saturated heterocycles. The molecule has 1 spiro atoms. The molecular formula is C30H38N2O4. The van der Waals surface area contributed by atoms with E-state index in [0.717, 1.165) is 69.7 Å². The summed E-state index contributed by atoms with van der Waals surface area (Å²) >= 11 is 0. The molecule has 0 radical (unpaired) electrons. The smallest absolute Gasteiger partial charge is 0.223 e. The lowest BCUT2D eigenvalue weighted by atomic mass is 9.74. The number of carbonyl (C=O) groups excluding carboxylic acids is 2. The molecule has 192 valence electrons. The average molecular weight is 491 g/mol. The molecule has 3 fully saturated rings. The van der Waals surface area contributed by atoms with Gasteiger partial charge in [0.1, 0.15) is 5.75 Å². The number of carbonyl (C=O) groups is 2. The normalized spacial score (nSPS) is 22.1. The number of nitrogens with one attached hydrogen (secondary N) is 1. The Morgan fingerprint density at radius 1 is 1.00 bits per heavy atom. The van der Waals surface area contributed by atoms with Crippen LogP contribution in [0.3, 0.4) is 0 Å². The molecule has 2 aromatic carbocycles. The van der Waals surface area contributed by atoms with Crippen LogP contribution in [-0.4, -0.2) is 56.7 Å². The summed E-state index contributed by atoms with van der Waals surface area (Å²) in [6.45, 7) is 3.64. The largest absolute Gasteiger partial charge is 0.496 e. The van der Waals surface area contributed by atoms with E-state index in [2.05, 4.69) is 29.6 Å². The van der Waals surface area contributed by atoms with Crippen molar-refractivity contribution in [1.82, 2.24) is 10.2 Å². The number of piperidine rings is 1. The van der Waals surface area contributed by atoms with Crippen molar-refractivity contribution in [2.75, 3.05) is 40.0 Å². The van der Waals surface area contributed by atoms with E-state index in [9.17, 15) is 9.59 Å². The monoisotopic (exact) mass is 490 g/mol. The first-order valence-corrected chi connectivity index (χ1v) is 13.4. The van der Waals surface area contributed by atoms with Gasteiger partial charge in [0, 0.05) is 50.6 Å². The van der Waals surface area contributed by atoms with Crippen LogP contribution in [0.4, 0.5) is 0 Å². The molecule has 2 aromatic rings. The van der Waals surface area contributed by atoms with Crippen molar-refractivity contribution in [2.24, 2.45) is 11.3 Å². The first-order chi connectivity index (χ1) is 17.6. The summed E-state index contributed by atoms with van der Waals surface area (Å²) in [7, 11) is 1.66. The summed E-state index contributed by atoms with van der Waals surface area (Å²) in [5, 5.41) is 3.32. The van der Waals surface area contributed by atoms with Gasteiger partial charge in [0.2, 0.25) is 11.8 Å². The summed E-state index contributed by atoms with van der Waals surface area (Å²) < 4.78 is 11.0. The van der Waals surface area contributed by atoms with Gasteiger partial charge in [0.15, 0.2) is 0 Å². The molecule has 1 saturated carbocycles. The summed E-state index contributed by atoms with van der Waals surface area (Å²) in [5.41, 5.74) is 2.39. The molecule has 0 unspecified atom stereocenters. The van der Waals surface area contributed by atoms with Crippen LogP contribution in [0.25, 0.3) is 0 Å². The molecule has 36 heavy (non-hydrogen) atoms. The van der Waals surface area contributed by atoms with Gasteiger partial charge >= 0.3 is 0 Å². The number of amides is 2. The van der Waals surface area contributed by atoms with Crippen LogP contribution in [-0.2, 0) is 26.2 Å². The zero-order chi connectivity index (χ0) is 25.0. The van der Waals surface area contributed by atoms with Gasteiger partial charge in [-0.2, -0.15) is 0 Å². The van der Waals surface area contributed by atoms with Crippen LogP contribution >= 0.6 is 0 Å². The van der Waals surface area contributed by atoms with E-state index in [1.165, 1.54) is 5.56 Å². The topological polar surface area (TPSA) is 67.9 Å². The van der Waals surface area contributed by atoms with E-state index < -0.39 is 0 Å². The molecule has 1 atom stereocenters. The Kier molecular flexibility index (Phi) is 7.33. The fourth-order valence-corrected chi connectivity index (χ4v) is 6.28. The first-order valence-electron chi connectivity index (χ1n) is 13.4. The molecule has 1 aliphatic carbocycles. The number of para-hydroxylation sites is 1. The van der Waals surface area contributed by atoms with Crippen molar-refractivity contribution in [3.8, 4) is 5.75 Å². The Morgan fingerprint density at radius 3 is 2.42 bits per heavy atom. The highest BCUT2D eigenvalue weighted by molar-refractivity contribution is 5.83. The van der Waals surface area contributed by atoms with Crippen LogP contribution in [0.15, 0.2) is 54.6 Å². The molecule has 2 amide bonds. The number of likely N-dealkylation sites (tertiary alicyclic amines) is 1. The minimum Gasteiger partial charge on any atom is -0.496 e. The van der Waals surface area contributed by atoms with Gasteiger partial charge < -0.3 is 19.7 Å². The van der Waals surface area contributed by atoms with Crippen molar-refractivity contribution >= 4 is 11.8 Å². The number of methoxy groups -OCH3 is 1. The van der Waals surface area contributed by atoms with Crippen molar-refractivity contribution < 1.29 is 19.1 Å². The maximum Gasteiger partial charge on any atom is 0.223 e. The number of hydrogen-bond donors (Lipinski definition) is 1. The van der Waals surface area contributed by atoms with E-state index in [1.807, 2.05) is 35.2 Å². The third-order valence-corrected chi connectivity index (χ3v) is 8.86. The first kappa shape index (κ1) is 24.8. The summed E-state index contributed by atoms with van der Waals surface area (Å²) in [4.78, 5) is 28.0. The summed E-state index contributed by atoms with van der Waals surface area (Å²) in [6, 6.07) is 18.4. The molecule has 5 rings (SSSR count). The number of rotatable bonds is 8. The molecule has 0 aromatic heterocycles. The van der Waals surface area contributed by atoms with Crippen molar-refractivity contribution in [3.05, 3.63) is 65.7 Å². The predicted octanol–water partition coefficient (Wildman–Crippen LogP) is 4.12. The highest BCUT2D eigenvalue weighted by Gasteiger charge is 2.58. The number of hydrogen-bond acceptors (Lipinski definition) is 4. The second kappa shape index (κ2) is 10.6. The van der Waals surface area contributed by atoms with Crippen LogP contribution < -0.4 is 10.1 Å². The molecule has 3 aliphatic rings. The second-order valence-electron chi connectivity index (χ2n) is 10.8. The second-order valence-corrected chi connectivity index (χ2v) is 10.8. The Balaban J connectivity index is 1.11. The molecule has 6 heteroatoms. The Bertz CT molecular complexity index is 1060. The molecule has 6 nitrogen and oxygen atoms in total. The lowest BCUT2D eigenvalue weighted by Gasteiger charge is -2.38. The quantitative estimate of drug-likeness (QED) is 0.605. The minimum atomic E-state index is -0.0472. The van der Waals surface area contributed by atoms with E-state index in [0.29, 0.717) is 19.4 Å². The van der Waals surface area contributed by atoms with Crippen molar-refractivity contribution in [2.45, 2.75) is 50.4 Å². The van der Waals surface area contributed by atoms with Gasteiger partial charge in [0.05, 0.1) is 7.11 Å². The van der Waals surface area contributed by atoms with Gasteiger partial charge in [-0.1, -0.05) is 48.5 Å². The fourth-order valence-electron chi connectivity index (χ4n) is 6.28. The average Bonchev–Trinajstić information content (AvgIpc) is 3.64. The molecule has 2 aliphatic heterocycles. The Labute approximate surface area is 214 Å². The number of nitrogens with zero attached hydrogens (tertiary/aromatic N) is 1. The van der Waals surface area contributed by atoms with E-state index in [1.54, 1.807) is 7.11 Å². The van der Waals surface area contributed by atoms with Gasteiger partial charge in [0.25, 0.3) is 0 Å². The fraction of sp³-hybridized carbons (Fsp3) is 0.533. The highest BCUT2D eigenvalue weighted by Crippen LogP contribution is 2.59. The summed E-state index contributed by atoms with van der Waals surface area (Å²) in [6.07, 6.45) is 5.82. The predicted molar refractivity (Wildman–Crippen MR) is 139 cm³/mol. The lowest BCUT2D eigenvalue weighted by molar-refractivity contribution is -0.132. The maximum absolute atomic E-state index is 13.2. The van der Waals surface area contributed by atoms with Gasteiger partial charge in [-0.25, -0.2) is 0 Å². The summed E-state index contributed by atoms with van der Waals surface area (Å²) in [5.74, 6) is 1.30. The Hall–Kier alpha value is -2.86. The zero-order valence-electron chi connectivity index (χ0n) is 21.3. The van der Waals surface area contributed by atoms with Crippen molar-refractivity contribution in [3.63, 3.8) is 0 Å². The van der Waals surface area contributed by atoms with Crippen molar-refractivity contribution in [1.29, 1.82) is 0 Å².